The normalized spacial score (nSPS) is 10.1. The maximum atomic E-state index is 12.0. The van der Waals surface area contributed by atoms with Crippen LogP contribution in [0.4, 0.5) is 5.69 Å². The second kappa shape index (κ2) is 6.30. The summed E-state index contributed by atoms with van der Waals surface area (Å²) in [5.41, 5.74) is 7.22. The predicted molar refractivity (Wildman–Crippen MR) is 78.0 cm³/mol. The van der Waals surface area contributed by atoms with E-state index >= 15 is 0 Å². The molecule has 0 bridgehead atoms. The molecule has 0 radical (unpaired) electrons. The molecule has 0 aliphatic carbocycles. The Morgan fingerprint density at radius 1 is 1.25 bits per heavy atom. The Hall–Kier alpha value is -2.20. The number of ether oxygens (including phenoxy) is 2. The maximum absolute atomic E-state index is 12.0. The van der Waals surface area contributed by atoms with Crippen LogP contribution in [-0.2, 0) is 11.3 Å². The van der Waals surface area contributed by atoms with Crippen LogP contribution in [0.5, 0.6) is 5.75 Å². The van der Waals surface area contributed by atoms with Gasteiger partial charge in [0.25, 0.3) is 0 Å². The molecule has 0 amide bonds. The van der Waals surface area contributed by atoms with Crippen LogP contribution in [0.15, 0.2) is 42.5 Å². The average Bonchev–Trinajstić information content (AvgIpc) is 2.45. The molecule has 0 fully saturated rings. The van der Waals surface area contributed by atoms with E-state index in [-0.39, 0.29) is 6.61 Å². The molecule has 0 heterocycles. The Bertz CT molecular complexity index is 628. The van der Waals surface area contributed by atoms with Gasteiger partial charge in [0.05, 0.1) is 12.7 Å². The van der Waals surface area contributed by atoms with Crippen molar-refractivity contribution in [3.63, 3.8) is 0 Å². The fraction of sp³-hybridized carbons (Fsp3) is 0.133. The second-order valence-corrected chi connectivity index (χ2v) is 4.57. The molecular weight excluding hydrogens is 278 g/mol. The van der Waals surface area contributed by atoms with Gasteiger partial charge < -0.3 is 15.2 Å². The van der Waals surface area contributed by atoms with E-state index in [1.807, 2.05) is 12.1 Å². The largest absolute Gasteiger partial charge is 0.497 e. The summed E-state index contributed by atoms with van der Waals surface area (Å²) < 4.78 is 10.3. The standard InChI is InChI=1S/C15H14ClNO3/c1-19-13-7-11(6-12(17)8-13)15(18)20-9-10-4-2-3-5-14(10)16/h2-8H,9,17H2,1H3. The third-order valence-electron chi connectivity index (χ3n) is 2.72. The first-order chi connectivity index (χ1) is 9.60. The summed E-state index contributed by atoms with van der Waals surface area (Å²) in [7, 11) is 1.51. The van der Waals surface area contributed by atoms with Crippen LogP contribution >= 0.6 is 11.6 Å². The minimum atomic E-state index is -0.476. The first kappa shape index (κ1) is 14.2. The van der Waals surface area contributed by atoms with Gasteiger partial charge in [0.2, 0.25) is 0 Å². The molecule has 0 aromatic heterocycles. The van der Waals surface area contributed by atoms with Gasteiger partial charge in [-0.25, -0.2) is 4.79 Å². The molecule has 0 aliphatic rings. The molecule has 20 heavy (non-hydrogen) atoms. The molecule has 0 spiro atoms. The lowest BCUT2D eigenvalue weighted by molar-refractivity contribution is 0.0472. The van der Waals surface area contributed by atoms with Crippen LogP contribution in [0.1, 0.15) is 15.9 Å². The van der Waals surface area contributed by atoms with Crippen molar-refractivity contribution in [1.82, 2.24) is 0 Å². The van der Waals surface area contributed by atoms with E-state index in [1.165, 1.54) is 13.2 Å². The number of rotatable bonds is 4. The van der Waals surface area contributed by atoms with Crippen molar-refractivity contribution < 1.29 is 14.3 Å². The summed E-state index contributed by atoms with van der Waals surface area (Å²) in [5, 5.41) is 0.561. The molecule has 0 saturated carbocycles. The van der Waals surface area contributed by atoms with E-state index in [0.717, 1.165) is 5.56 Å². The smallest absolute Gasteiger partial charge is 0.338 e. The first-order valence-electron chi connectivity index (χ1n) is 5.95. The molecule has 0 saturated heterocycles. The average molecular weight is 292 g/mol. The summed E-state index contributed by atoms with van der Waals surface area (Å²) >= 11 is 6.00. The minimum Gasteiger partial charge on any atom is -0.497 e. The van der Waals surface area contributed by atoms with Gasteiger partial charge in [-0.2, -0.15) is 0 Å². The number of carbonyl (C=O) groups excluding carboxylic acids is 1. The van der Waals surface area contributed by atoms with E-state index < -0.39 is 5.97 Å². The van der Waals surface area contributed by atoms with Crippen LogP contribution in [0.3, 0.4) is 0 Å². The first-order valence-corrected chi connectivity index (χ1v) is 6.33. The second-order valence-electron chi connectivity index (χ2n) is 4.16. The number of methoxy groups -OCH3 is 1. The molecule has 4 nitrogen and oxygen atoms in total. The highest BCUT2D eigenvalue weighted by Crippen LogP contribution is 2.20. The van der Waals surface area contributed by atoms with Crippen LogP contribution in [0.2, 0.25) is 5.02 Å². The van der Waals surface area contributed by atoms with Gasteiger partial charge in [-0.3, -0.25) is 0 Å². The van der Waals surface area contributed by atoms with Gasteiger partial charge in [-0.05, 0) is 18.2 Å². The number of nitrogens with two attached hydrogens (primary N) is 1. The molecule has 2 N–H and O–H groups in total. The minimum absolute atomic E-state index is 0.107. The van der Waals surface area contributed by atoms with Gasteiger partial charge in [0.15, 0.2) is 0 Å². The molecule has 104 valence electrons. The molecule has 0 aliphatic heterocycles. The van der Waals surface area contributed by atoms with E-state index in [2.05, 4.69) is 0 Å². The Labute approximate surface area is 122 Å². The van der Waals surface area contributed by atoms with E-state index in [9.17, 15) is 4.79 Å². The van der Waals surface area contributed by atoms with Gasteiger partial charge >= 0.3 is 5.97 Å². The molecular formula is C15H14ClNO3. The van der Waals surface area contributed by atoms with Crippen LogP contribution < -0.4 is 10.5 Å². The number of hydrogen-bond acceptors (Lipinski definition) is 4. The number of nitrogen functional groups attached to an aromatic ring is 1. The lowest BCUT2D eigenvalue weighted by Crippen LogP contribution is -2.06. The molecule has 2 aromatic rings. The number of anilines is 1. The van der Waals surface area contributed by atoms with E-state index in [1.54, 1.807) is 24.3 Å². The van der Waals surface area contributed by atoms with Crippen LogP contribution in [0.25, 0.3) is 0 Å². The molecule has 0 unspecified atom stereocenters. The van der Waals surface area contributed by atoms with Crippen molar-refractivity contribution in [3.05, 3.63) is 58.6 Å². The third kappa shape index (κ3) is 3.42. The summed E-state index contributed by atoms with van der Waals surface area (Å²) in [4.78, 5) is 12.0. The highest BCUT2D eigenvalue weighted by Gasteiger charge is 2.11. The third-order valence-corrected chi connectivity index (χ3v) is 3.09. The van der Waals surface area contributed by atoms with Gasteiger partial charge in [0.1, 0.15) is 12.4 Å². The van der Waals surface area contributed by atoms with Crippen molar-refractivity contribution in [2.45, 2.75) is 6.61 Å². The Kier molecular flexibility index (Phi) is 4.48. The lowest BCUT2D eigenvalue weighted by atomic mass is 10.2. The fourth-order valence-corrected chi connectivity index (χ4v) is 1.89. The highest BCUT2D eigenvalue weighted by molar-refractivity contribution is 6.31. The summed E-state index contributed by atoms with van der Waals surface area (Å²) in [5.74, 6) is 0.0326. The number of esters is 1. The predicted octanol–water partition coefficient (Wildman–Crippen LogP) is 3.29. The summed E-state index contributed by atoms with van der Waals surface area (Å²) in [6.45, 7) is 0.107. The molecule has 0 atom stereocenters. The van der Waals surface area contributed by atoms with Crippen LogP contribution in [0, 0.1) is 0 Å². The van der Waals surface area contributed by atoms with Crippen molar-refractivity contribution >= 4 is 23.3 Å². The number of benzene rings is 2. The van der Waals surface area contributed by atoms with Crippen LogP contribution in [-0.4, -0.2) is 13.1 Å². The maximum Gasteiger partial charge on any atom is 0.338 e. The monoisotopic (exact) mass is 291 g/mol. The zero-order chi connectivity index (χ0) is 14.5. The summed E-state index contributed by atoms with van der Waals surface area (Å²) in [6.07, 6.45) is 0. The highest BCUT2D eigenvalue weighted by atomic mass is 35.5. The van der Waals surface area contributed by atoms with E-state index in [0.29, 0.717) is 22.0 Å². The number of hydrogen-bond donors (Lipinski definition) is 1. The molecule has 2 rings (SSSR count). The quantitative estimate of drug-likeness (QED) is 0.693. The topological polar surface area (TPSA) is 61.5 Å². The zero-order valence-electron chi connectivity index (χ0n) is 10.9. The number of carbonyl (C=O) groups is 1. The lowest BCUT2D eigenvalue weighted by Gasteiger charge is -2.08. The Morgan fingerprint density at radius 3 is 2.70 bits per heavy atom. The summed E-state index contributed by atoms with van der Waals surface area (Å²) in [6, 6.07) is 11.9. The molecule has 2 aromatic carbocycles. The van der Waals surface area contributed by atoms with Gasteiger partial charge in [-0.1, -0.05) is 29.8 Å². The zero-order valence-corrected chi connectivity index (χ0v) is 11.7. The van der Waals surface area contributed by atoms with Gasteiger partial charge in [0, 0.05) is 22.3 Å². The Balaban J connectivity index is 2.09. The van der Waals surface area contributed by atoms with Crippen molar-refractivity contribution in [3.8, 4) is 5.75 Å². The van der Waals surface area contributed by atoms with Gasteiger partial charge in [-0.15, -0.1) is 0 Å². The van der Waals surface area contributed by atoms with E-state index in [4.69, 9.17) is 26.8 Å². The van der Waals surface area contributed by atoms with Crippen molar-refractivity contribution in [1.29, 1.82) is 0 Å². The molecule has 5 heteroatoms. The SMILES string of the molecule is COc1cc(N)cc(C(=O)OCc2ccccc2Cl)c1. The van der Waals surface area contributed by atoms with Crippen molar-refractivity contribution in [2.24, 2.45) is 0 Å². The fourth-order valence-electron chi connectivity index (χ4n) is 1.70. The van der Waals surface area contributed by atoms with Crippen molar-refractivity contribution in [2.75, 3.05) is 12.8 Å². The Morgan fingerprint density at radius 2 is 2.00 bits per heavy atom. The number of halogens is 1.